The van der Waals surface area contributed by atoms with Crippen LogP contribution in [-0.2, 0) is 11.3 Å². The second kappa shape index (κ2) is 8.93. The van der Waals surface area contributed by atoms with Crippen molar-refractivity contribution >= 4 is 28.6 Å². The first-order chi connectivity index (χ1) is 16.7. The van der Waals surface area contributed by atoms with Gasteiger partial charge in [-0.3, -0.25) is 4.79 Å². The standard InChI is InChI=1S/C22H23F4N7O2/c1-13-2-3-15(20(29-13)35-21(25)26)32-12-22(8-18(32)34)4-6-31(7-5-22)17-10-27-14-9-28-33(11-16(23)24)19(14)30-17/h2-3,9-10,16,21H,4-8,11-12H2,1H3. The first-order valence-electron chi connectivity index (χ1n) is 11.2. The van der Waals surface area contributed by atoms with Crippen molar-refractivity contribution in [2.75, 3.05) is 29.4 Å². The summed E-state index contributed by atoms with van der Waals surface area (Å²) in [7, 11) is 0. The molecule has 35 heavy (non-hydrogen) atoms. The van der Waals surface area contributed by atoms with Gasteiger partial charge in [0, 0.05) is 37.2 Å². The lowest BCUT2D eigenvalue weighted by molar-refractivity contribution is -0.118. The molecular weight excluding hydrogens is 470 g/mol. The van der Waals surface area contributed by atoms with Crippen LogP contribution in [-0.4, -0.2) is 63.3 Å². The normalized spacial score (nSPS) is 18.0. The number of fused-ring (bicyclic) bond motifs is 1. The Morgan fingerprint density at radius 3 is 2.60 bits per heavy atom. The molecule has 2 aliphatic rings. The van der Waals surface area contributed by atoms with Gasteiger partial charge in [0.25, 0.3) is 6.43 Å². The van der Waals surface area contributed by atoms with E-state index in [4.69, 9.17) is 0 Å². The number of anilines is 2. The Labute approximate surface area is 197 Å². The molecule has 9 nitrogen and oxygen atoms in total. The van der Waals surface area contributed by atoms with Crippen molar-refractivity contribution in [1.29, 1.82) is 0 Å². The van der Waals surface area contributed by atoms with Crippen molar-refractivity contribution in [2.24, 2.45) is 5.41 Å². The van der Waals surface area contributed by atoms with Crippen LogP contribution in [0, 0.1) is 12.3 Å². The summed E-state index contributed by atoms with van der Waals surface area (Å²) in [6.45, 7) is -0.420. The number of halogens is 4. The van der Waals surface area contributed by atoms with Crippen LogP contribution < -0.4 is 14.5 Å². The van der Waals surface area contributed by atoms with Gasteiger partial charge in [-0.05, 0) is 31.9 Å². The average Bonchev–Trinajstić information content (AvgIpc) is 3.34. The molecule has 13 heteroatoms. The third kappa shape index (κ3) is 4.58. The summed E-state index contributed by atoms with van der Waals surface area (Å²) in [5.41, 5.74) is 1.16. The molecule has 5 rings (SSSR count). The maximum Gasteiger partial charge on any atom is 0.388 e. The van der Waals surface area contributed by atoms with Crippen molar-refractivity contribution in [2.45, 2.75) is 45.8 Å². The number of amides is 1. The maximum atomic E-state index is 12.9. The van der Waals surface area contributed by atoms with E-state index in [9.17, 15) is 22.4 Å². The minimum atomic E-state index is -3.05. The van der Waals surface area contributed by atoms with Gasteiger partial charge in [-0.1, -0.05) is 0 Å². The summed E-state index contributed by atoms with van der Waals surface area (Å²) in [5, 5.41) is 3.94. The predicted molar refractivity (Wildman–Crippen MR) is 118 cm³/mol. The van der Waals surface area contributed by atoms with Crippen LogP contribution >= 0.6 is 0 Å². The average molecular weight is 493 g/mol. The van der Waals surface area contributed by atoms with E-state index in [1.165, 1.54) is 11.1 Å². The summed E-state index contributed by atoms with van der Waals surface area (Å²) in [5.74, 6) is 0.132. The quantitative estimate of drug-likeness (QED) is 0.486. The zero-order valence-electron chi connectivity index (χ0n) is 18.9. The van der Waals surface area contributed by atoms with Gasteiger partial charge in [0.2, 0.25) is 11.8 Å². The number of rotatable bonds is 6. The fourth-order valence-electron chi connectivity index (χ4n) is 4.82. The number of hydrogen-bond acceptors (Lipinski definition) is 7. The van der Waals surface area contributed by atoms with E-state index in [1.807, 2.05) is 4.90 Å². The van der Waals surface area contributed by atoms with Crippen LogP contribution in [0.25, 0.3) is 11.2 Å². The molecule has 0 aliphatic carbocycles. The second-order valence-electron chi connectivity index (χ2n) is 8.95. The molecule has 1 amide bonds. The van der Waals surface area contributed by atoms with E-state index in [1.54, 1.807) is 25.3 Å². The predicted octanol–water partition coefficient (Wildman–Crippen LogP) is 3.42. The number of carbonyl (C=O) groups is 1. The Bertz CT molecular complexity index is 1240. The first kappa shape index (κ1) is 23.2. The third-order valence-corrected chi connectivity index (χ3v) is 6.58. The monoisotopic (exact) mass is 493 g/mol. The minimum absolute atomic E-state index is 0.166. The number of hydrogen-bond donors (Lipinski definition) is 0. The number of aryl methyl sites for hydroxylation is 1. The van der Waals surface area contributed by atoms with Crippen LogP contribution in [0.2, 0.25) is 0 Å². The summed E-state index contributed by atoms with van der Waals surface area (Å²) >= 11 is 0. The molecule has 186 valence electrons. The van der Waals surface area contributed by atoms with Crippen molar-refractivity contribution < 1.29 is 27.1 Å². The van der Waals surface area contributed by atoms with E-state index < -0.39 is 19.6 Å². The van der Waals surface area contributed by atoms with E-state index in [0.717, 1.165) is 4.68 Å². The van der Waals surface area contributed by atoms with Gasteiger partial charge in [-0.15, -0.1) is 0 Å². The summed E-state index contributed by atoms with van der Waals surface area (Å²) in [6.07, 6.45) is 2.05. The highest BCUT2D eigenvalue weighted by atomic mass is 19.3. The van der Waals surface area contributed by atoms with Crippen molar-refractivity contribution in [3.05, 3.63) is 30.2 Å². The van der Waals surface area contributed by atoms with Gasteiger partial charge < -0.3 is 14.5 Å². The van der Waals surface area contributed by atoms with Gasteiger partial charge in [0.1, 0.15) is 23.6 Å². The molecule has 0 bridgehead atoms. The van der Waals surface area contributed by atoms with Gasteiger partial charge in [0.15, 0.2) is 5.65 Å². The van der Waals surface area contributed by atoms with E-state index in [2.05, 4.69) is 24.8 Å². The second-order valence-corrected chi connectivity index (χ2v) is 8.95. The molecule has 0 aromatic carbocycles. The van der Waals surface area contributed by atoms with Crippen LogP contribution in [0.5, 0.6) is 5.88 Å². The summed E-state index contributed by atoms with van der Waals surface area (Å²) < 4.78 is 57.2. The molecule has 0 radical (unpaired) electrons. The molecule has 0 atom stereocenters. The molecule has 2 aliphatic heterocycles. The lowest BCUT2D eigenvalue weighted by Crippen LogP contribution is -2.42. The Kier molecular flexibility index (Phi) is 5.93. The minimum Gasteiger partial charge on any atom is -0.415 e. The smallest absolute Gasteiger partial charge is 0.388 e. The number of ether oxygens (including phenoxy) is 1. The van der Waals surface area contributed by atoms with Crippen molar-refractivity contribution in [1.82, 2.24) is 24.7 Å². The SMILES string of the molecule is Cc1ccc(N2CC3(CCN(c4cnc5cnn(CC(F)F)c5n4)CC3)CC2=O)c(OC(F)F)n1. The number of carbonyl (C=O) groups excluding carboxylic acids is 1. The van der Waals surface area contributed by atoms with Crippen LogP contribution in [0.15, 0.2) is 24.5 Å². The first-order valence-corrected chi connectivity index (χ1v) is 11.2. The fourth-order valence-corrected chi connectivity index (χ4v) is 4.82. The third-order valence-electron chi connectivity index (χ3n) is 6.58. The van der Waals surface area contributed by atoms with E-state index >= 15 is 0 Å². The highest BCUT2D eigenvalue weighted by Crippen LogP contribution is 2.44. The van der Waals surface area contributed by atoms with Crippen LogP contribution in [0.1, 0.15) is 25.0 Å². The molecule has 0 saturated carbocycles. The molecule has 3 aromatic rings. The number of piperidine rings is 1. The summed E-state index contributed by atoms with van der Waals surface area (Å²) in [4.78, 5) is 29.3. The molecule has 3 aromatic heterocycles. The Morgan fingerprint density at radius 1 is 1.11 bits per heavy atom. The number of aromatic nitrogens is 5. The maximum absolute atomic E-state index is 12.9. The van der Waals surface area contributed by atoms with E-state index in [0.29, 0.717) is 55.2 Å². The zero-order valence-corrected chi connectivity index (χ0v) is 18.9. The molecule has 0 unspecified atom stereocenters. The van der Waals surface area contributed by atoms with Gasteiger partial charge >= 0.3 is 6.61 Å². The van der Waals surface area contributed by atoms with Crippen LogP contribution in [0.3, 0.4) is 0 Å². The highest BCUT2D eigenvalue weighted by molar-refractivity contribution is 5.97. The van der Waals surface area contributed by atoms with E-state index in [-0.39, 0.29) is 29.3 Å². The Morgan fingerprint density at radius 2 is 1.89 bits per heavy atom. The Balaban J connectivity index is 1.31. The molecule has 1 spiro atoms. The topological polar surface area (TPSA) is 89.3 Å². The number of pyridine rings is 1. The van der Waals surface area contributed by atoms with Crippen LogP contribution in [0.4, 0.5) is 29.1 Å². The molecular formula is C22H23F4N7O2. The lowest BCUT2D eigenvalue weighted by atomic mass is 9.77. The lowest BCUT2D eigenvalue weighted by Gasteiger charge is -2.39. The molecule has 5 heterocycles. The van der Waals surface area contributed by atoms with Gasteiger partial charge in [-0.2, -0.15) is 13.9 Å². The molecule has 2 saturated heterocycles. The zero-order chi connectivity index (χ0) is 24.7. The Hall–Kier alpha value is -3.51. The van der Waals surface area contributed by atoms with Crippen molar-refractivity contribution in [3.63, 3.8) is 0 Å². The van der Waals surface area contributed by atoms with Crippen molar-refractivity contribution in [3.8, 4) is 5.88 Å². The molecule has 2 fully saturated rings. The summed E-state index contributed by atoms with van der Waals surface area (Å²) in [6, 6.07) is 3.24. The fraction of sp³-hybridized carbons (Fsp3) is 0.500. The highest BCUT2D eigenvalue weighted by Gasteiger charge is 2.46. The number of alkyl halides is 4. The number of nitrogens with zero attached hydrogens (tertiary/aromatic N) is 7. The van der Waals surface area contributed by atoms with Gasteiger partial charge in [-0.25, -0.2) is 28.4 Å². The molecule has 0 N–H and O–H groups in total. The largest absolute Gasteiger partial charge is 0.415 e. The van der Waals surface area contributed by atoms with Gasteiger partial charge in [0.05, 0.1) is 12.4 Å².